The Bertz CT molecular complexity index is 429. The molecular formula is C17H25NO2. The summed E-state index contributed by atoms with van der Waals surface area (Å²) >= 11 is 0. The second kappa shape index (κ2) is 6.59. The van der Waals surface area contributed by atoms with Gasteiger partial charge in [-0.25, -0.2) is 0 Å². The molecule has 2 atom stereocenters. The molecule has 0 amide bonds. The van der Waals surface area contributed by atoms with E-state index < -0.39 is 0 Å². The van der Waals surface area contributed by atoms with Crippen molar-refractivity contribution >= 4 is 0 Å². The van der Waals surface area contributed by atoms with Gasteiger partial charge in [-0.05, 0) is 18.4 Å². The lowest BCUT2D eigenvalue weighted by atomic mass is 9.98. The molecule has 3 heteroatoms. The summed E-state index contributed by atoms with van der Waals surface area (Å²) in [5.74, 6) is 1.80. The summed E-state index contributed by atoms with van der Waals surface area (Å²) in [4.78, 5) is 0. The highest BCUT2D eigenvalue weighted by molar-refractivity contribution is 5.35. The van der Waals surface area contributed by atoms with Crippen LogP contribution in [0.15, 0.2) is 24.3 Å². The molecule has 1 saturated heterocycles. The molecule has 3 rings (SSSR count). The fraction of sp³-hybridized carbons (Fsp3) is 0.647. The first-order valence-electron chi connectivity index (χ1n) is 7.86. The zero-order chi connectivity index (χ0) is 13.8. The molecule has 1 heterocycles. The van der Waals surface area contributed by atoms with Crippen LogP contribution in [0.5, 0.6) is 5.75 Å². The second-order valence-electron chi connectivity index (χ2n) is 6.03. The van der Waals surface area contributed by atoms with Crippen LogP contribution in [0.25, 0.3) is 0 Å². The lowest BCUT2D eigenvalue weighted by Crippen LogP contribution is -2.41. The van der Waals surface area contributed by atoms with Crippen LogP contribution in [0.1, 0.15) is 43.8 Å². The van der Waals surface area contributed by atoms with Crippen LogP contribution in [-0.2, 0) is 4.74 Å². The zero-order valence-electron chi connectivity index (χ0n) is 12.3. The number of hydrogen-bond acceptors (Lipinski definition) is 3. The van der Waals surface area contributed by atoms with Gasteiger partial charge in [0.05, 0.1) is 19.3 Å². The van der Waals surface area contributed by atoms with Gasteiger partial charge in [-0.3, -0.25) is 0 Å². The van der Waals surface area contributed by atoms with Gasteiger partial charge < -0.3 is 14.8 Å². The largest absolute Gasteiger partial charge is 0.496 e. The molecule has 0 bridgehead atoms. The van der Waals surface area contributed by atoms with Crippen molar-refractivity contribution in [3.05, 3.63) is 29.8 Å². The summed E-state index contributed by atoms with van der Waals surface area (Å²) < 4.78 is 11.8. The number of methoxy groups -OCH3 is 1. The summed E-state index contributed by atoms with van der Waals surface area (Å²) in [7, 11) is 1.73. The molecule has 0 radical (unpaired) electrons. The van der Waals surface area contributed by atoms with E-state index in [0.29, 0.717) is 6.10 Å². The molecule has 110 valence electrons. The van der Waals surface area contributed by atoms with Gasteiger partial charge >= 0.3 is 0 Å². The predicted octanol–water partition coefficient (Wildman–Crippen LogP) is 3.31. The summed E-state index contributed by atoms with van der Waals surface area (Å²) in [5, 5.41) is 3.53. The highest BCUT2D eigenvalue weighted by atomic mass is 16.5. The molecule has 2 unspecified atom stereocenters. The Kier molecular flexibility index (Phi) is 4.58. The third-order valence-corrected chi connectivity index (χ3v) is 4.62. The zero-order valence-corrected chi connectivity index (χ0v) is 12.3. The Balaban J connectivity index is 1.65. The van der Waals surface area contributed by atoms with E-state index in [1.807, 2.05) is 12.1 Å². The molecule has 1 N–H and O–H groups in total. The van der Waals surface area contributed by atoms with E-state index in [4.69, 9.17) is 9.47 Å². The Hall–Kier alpha value is -1.06. The maximum Gasteiger partial charge on any atom is 0.124 e. The maximum absolute atomic E-state index is 6.33. The lowest BCUT2D eigenvalue weighted by Gasteiger charge is -2.33. The normalized spacial score (nSPS) is 27.6. The Labute approximate surface area is 121 Å². The van der Waals surface area contributed by atoms with E-state index in [1.165, 1.54) is 37.7 Å². The van der Waals surface area contributed by atoms with Gasteiger partial charge in [0.25, 0.3) is 0 Å². The molecule has 0 aromatic heterocycles. The molecule has 20 heavy (non-hydrogen) atoms. The SMILES string of the molecule is COc1ccccc1C1CNCC(CC2CCCC2)O1. The average molecular weight is 275 g/mol. The van der Waals surface area contributed by atoms with Crippen molar-refractivity contribution in [2.45, 2.75) is 44.3 Å². The molecule has 2 fully saturated rings. The summed E-state index contributed by atoms with van der Waals surface area (Å²) in [5.41, 5.74) is 1.17. The topological polar surface area (TPSA) is 30.5 Å². The van der Waals surface area contributed by atoms with E-state index in [0.717, 1.165) is 24.8 Å². The standard InChI is InChI=1S/C17H25NO2/c1-19-16-9-5-4-8-15(16)17-12-18-11-14(20-17)10-13-6-2-3-7-13/h4-5,8-9,13-14,17-18H,2-3,6-7,10-12H2,1H3. The summed E-state index contributed by atoms with van der Waals surface area (Å²) in [6, 6.07) is 8.19. The number of rotatable bonds is 4. The molecule has 2 aliphatic rings. The van der Waals surface area contributed by atoms with Crippen LogP contribution < -0.4 is 10.1 Å². The monoisotopic (exact) mass is 275 g/mol. The molecular weight excluding hydrogens is 250 g/mol. The average Bonchev–Trinajstić information content (AvgIpc) is 3.00. The van der Waals surface area contributed by atoms with Crippen molar-refractivity contribution < 1.29 is 9.47 Å². The second-order valence-corrected chi connectivity index (χ2v) is 6.03. The third-order valence-electron chi connectivity index (χ3n) is 4.62. The molecule has 1 aromatic carbocycles. The molecule has 1 aromatic rings. The number of nitrogens with one attached hydrogen (secondary N) is 1. The Morgan fingerprint density at radius 2 is 2.00 bits per heavy atom. The summed E-state index contributed by atoms with van der Waals surface area (Å²) in [6.45, 7) is 1.86. The number of para-hydroxylation sites is 1. The van der Waals surface area contributed by atoms with Gasteiger partial charge in [0.1, 0.15) is 5.75 Å². The first-order chi connectivity index (χ1) is 9.86. The maximum atomic E-state index is 6.33. The van der Waals surface area contributed by atoms with E-state index in [-0.39, 0.29) is 6.10 Å². The Morgan fingerprint density at radius 1 is 1.20 bits per heavy atom. The van der Waals surface area contributed by atoms with E-state index >= 15 is 0 Å². The van der Waals surface area contributed by atoms with Crippen molar-refractivity contribution in [3.8, 4) is 5.75 Å². The van der Waals surface area contributed by atoms with Crippen molar-refractivity contribution in [3.63, 3.8) is 0 Å². The van der Waals surface area contributed by atoms with Crippen molar-refractivity contribution in [2.24, 2.45) is 5.92 Å². The van der Waals surface area contributed by atoms with Crippen molar-refractivity contribution in [1.29, 1.82) is 0 Å². The quantitative estimate of drug-likeness (QED) is 0.914. The van der Waals surface area contributed by atoms with Gasteiger partial charge in [-0.2, -0.15) is 0 Å². The molecule has 0 spiro atoms. The lowest BCUT2D eigenvalue weighted by molar-refractivity contribution is -0.0497. The number of benzene rings is 1. The first kappa shape index (κ1) is 13.9. The minimum Gasteiger partial charge on any atom is -0.496 e. The van der Waals surface area contributed by atoms with Gasteiger partial charge in [0.15, 0.2) is 0 Å². The molecule has 3 nitrogen and oxygen atoms in total. The molecule has 1 aliphatic heterocycles. The predicted molar refractivity (Wildman–Crippen MR) is 80.1 cm³/mol. The fourth-order valence-corrected chi connectivity index (χ4v) is 3.58. The van der Waals surface area contributed by atoms with Gasteiger partial charge in [0, 0.05) is 18.7 Å². The summed E-state index contributed by atoms with van der Waals surface area (Å²) in [6.07, 6.45) is 7.26. The molecule has 1 saturated carbocycles. The van der Waals surface area contributed by atoms with E-state index in [2.05, 4.69) is 17.4 Å². The van der Waals surface area contributed by atoms with E-state index in [1.54, 1.807) is 7.11 Å². The van der Waals surface area contributed by atoms with Gasteiger partial charge in [-0.1, -0.05) is 43.9 Å². The van der Waals surface area contributed by atoms with Crippen LogP contribution in [-0.4, -0.2) is 26.3 Å². The number of ether oxygens (including phenoxy) is 2. The number of hydrogen-bond donors (Lipinski definition) is 1. The highest BCUT2D eigenvalue weighted by Gasteiger charge is 2.28. The van der Waals surface area contributed by atoms with Crippen LogP contribution in [0.2, 0.25) is 0 Å². The van der Waals surface area contributed by atoms with Crippen molar-refractivity contribution in [2.75, 3.05) is 20.2 Å². The minimum absolute atomic E-state index is 0.117. The highest BCUT2D eigenvalue weighted by Crippen LogP contribution is 2.34. The van der Waals surface area contributed by atoms with Crippen LogP contribution in [0.3, 0.4) is 0 Å². The smallest absolute Gasteiger partial charge is 0.124 e. The van der Waals surface area contributed by atoms with Crippen LogP contribution >= 0.6 is 0 Å². The minimum atomic E-state index is 0.117. The van der Waals surface area contributed by atoms with Crippen molar-refractivity contribution in [1.82, 2.24) is 5.32 Å². The van der Waals surface area contributed by atoms with Gasteiger partial charge in [0.2, 0.25) is 0 Å². The molecule has 1 aliphatic carbocycles. The number of morpholine rings is 1. The van der Waals surface area contributed by atoms with Crippen LogP contribution in [0, 0.1) is 5.92 Å². The van der Waals surface area contributed by atoms with Crippen LogP contribution in [0.4, 0.5) is 0 Å². The third kappa shape index (κ3) is 3.15. The van der Waals surface area contributed by atoms with Gasteiger partial charge in [-0.15, -0.1) is 0 Å². The first-order valence-corrected chi connectivity index (χ1v) is 7.86. The Morgan fingerprint density at radius 3 is 2.80 bits per heavy atom. The van der Waals surface area contributed by atoms with E-state index in [9.17, 15) is 0 Å². The fourth-order valence-electron chi connectivity index (χ4n) is 3.58.